The van der Waals surface area contributed by atoms with Gasteiger partial charge >= 0.3 is 0 Å². The van der Waals surface area contributed by atoms with Gasteiger partial charge in [0.25, 0.3) is 0 Å². The van der Waals surface area contributed by atoms with Gasteiger partial charge in [0.15, 0.2) is 0 Å². The molecule has 2 fully saturated rings. The minimum Gasteiger partial charge on any atom is -0.299 e. The van der Waals surface area contributed by atoms with Gasteiger partial charge < -0.3 is 0 Å². The smallest absolute Gasteiger partial charge is 0.240 e. The number of rotatable bonds is 6. The third kappa shape index (κ3) is 3.99. The van der Waals surface area contributed by atoms with Gasteiger partial charge in [0, 0.05) is 12.6 Å². The van der Waals surface area contributed by atoms with E-state index in [-0.39, 0.29) is 5.91 Å². The lowest BCUT2D eigenvalue weighted by atomic mass is 9.89. The summed E-state index contributed by atoms with van der Waals surface area (Å²) in [5.74, 6) is 0.836. The van der Waals surface area contributed by atoms with Gasteiger partial charge in [-0.05, 0) is 31.6 Å². The molecule has 2 aliphatic carbocycles. The maximum atomic E-state index is 12.1. The van der Waals surface area contributed by atoms with Crippen LogP contribution in [0.25, 0.3) is 0 Å². The molecule has 1 heterocycles. The molecule has 1 aromatic heterocycles. The van der Waals surface area contributed by atoms with Crippen molar-refractivity contribution in [1.29, 1.82) is 0 Å². The first kappa shape index (κ1) is 13.9. The lowest BCUT2D eigenvalue weighted by Crippen LogP contribution is -2.38. The molecule has 0 aliphatic heterocycles. The van der Waals surface area contributed by atoms with E-state index in [4.69, 9.17) is 0 Å². The molecule has 0 aromatic carbocycles. The summed E-state index contributed by atoms with van der Waals surface area (Å²) >= 11 is 1.37. The van der Waals surface area contributed by atoms with Gasteiger partial charge in [0.05, 0.1) is 6.54 Å². The Bertz CT molecular complexity index is 426. The van der Waals surface area contributed by atoms with Crippen molar-refractivity contribution in [2.24, 2.45) is 5.92 Å². The van der Waals surface area contributed by atoms with E-state index in [0.717, 1.165) is 12.5 Å². The van der Waals surface area contributed by atoms with E-state index < -0.39 is 0 Å². The second-order valence-corrected chi connectivity index (χ2v) is 6.79. The summed E-state index contributed by atoms with van der Waals surface area (Å²) in [6, 6.07) is 0.636. The molecule has 1 N–H and O–H groups in total. The quantitative estimate of drug-likeness (QED) is 0.876. The number of anilines is 1. The largest absolute Gasteiger partial charge is 0.299 e. The number of carbonyl (C=O) groups excluding carboxylic acids is 1. The van der Waals surface area contributed by atoms with Gasteiger partial charge in [-0.15, -0.1) is 10.2 Å². The Balaban J connectivity index is 1.50. The van der Waals surface area contributed by atoms with Crippen LogP contribution in [-0.4, -0.2) is 40.1 Å². The van der Waals surface area contributed by atoms with Crippen molar-refractivity contribution >= 4 is 22.4 Å². The topological polar surface area (TPSA) is 58.1 Å². The second kappa shape index (κ2) is 6.63. The van der Waals surface area contributed by atoms with Crippen molar-refractivity contribution in [1.82, 2.24) is 15.1 Å². The van der Waals surface area contributed by atoms with Crippen molar-refractivity contribution in [2.75, 3.05) is 18.4 Å². The molecule has 5 nitrogen and oxygen atoms in total. The van der Waals surface area contributed by atoms with Gasteiger partial charge in [0.2, 0.25) is 11.0 Å². The number of nitrogens with one attached hydrogen (secondary N) is 1. The van der Waals surface area contributed by atoms with Crippen LogP contribution in [0.15, 0.2) is 5.51 Å². The molecule has 1 aromatic rings. The van der Waals surface area contributed by atoms with E-state index in [0.29, 0.717) is 17.7 Å². The highest BCUT2D eigenvalue weighted by Crippen LogP contribution is 2.31. The Morgan fingerprint density at radius 1 is 1.30 bits per heavy atom. The fraction of sp³-hybridized carbons (Fsp3) is 0.786. The fourth-order valence-electron chi connectivity index (χ4n) is 3.05. The zero-order valence-electron chi connectivity index (χ0n) is 11.8. The van der Waals surface area contributed by atoms with Crippen LogP contribution in [-0.2, 0) is 4.79 Å². The highest BCUT2D eigenvalue weighted by Gasteiger charge is 2.32. The van der Waals surface area contributed by atoms with Crippen LogP contribution >= 0.6 is 11.3 Å². The molecule has 3 rings (SSSR count). The Hall–Kier alpha value is -1.01. The SMILES string of the molecule is O=C(CN(CC1CCCCC1)C1CC1)Nc1nncs1. The van der Waals surface area contributed by atoms with Gasteiger partial charge in [-0.2, -0.15) is 0 Å². The highest BCUT2D eigenvalue weighted by molar-refractivity contribution is 7.13. The summed E-state index contributed by atoms with van der Waals surface area (Å²) in [7, 11) is 0. The normalized spacial score (nSPS) is 20.2. The molecule has 0 bridgehead atoms. The number of carbonyl (C=O) groups is 1. The van der Waals surface area contributed by atoms with Crippen LogP contribution in [0, 0.1) is 5.92 Å². The Kier molecular flexibility index (Phi) is 4.62. The molecule has 2 aliphatic rings. The lowest BCUT2D eigenvalue weighted by molar-refractivity contribution is -0.117. The summed E-state index contributed by atoms with van der Waals surface area (Å²) in [4.78, 5) is 14.5. The van der Waals surface area contributed by atoms with E-state index >= 15 is 0 Å². The number of hydrogen-bond donors (Lipinski definition) is 1. The third-order valence-corrected chi connectivity index (χ3v) is 4.84. The summed E-state index contributed by atoms with van der Waals surface area (Å²) in [6.07, 6.45) is 9.28. The molecule has 0 radical (unpaired) electrons. The van der Waals surface area contributed by atoms with E-state index in [9.17, 15) is 4.79 Å². The van der Waals surface area contributed by atoms with Crippen molar-refractivity contribution in [3.8, 4) is 0 Å². The second-order valence-electron chi connectivity index (χ2n) is 5.96. The number of hydrogen-bond acceptors (Lipinski definition) is 5. The van der Waals surface area contributed by atoms with E-state index in [1.54, 1.807) is 5.51 Å². The lowest BCUT2D eigenvalue weighted by Gasteiger charge is -2.29. The molecule has 1 amide bonds. The average Bonchev–Trinajstić information content (AvgIpc) is 3.18. The van der Waals surface area contributed by atoms with E-state index in [2.05, 4.69) is 20.4 Å². The fourth-order valence-corrected chi connectivity index (χ4v) is 3.52. The first-order valence-electron chi connectivity index (χ1n) is 7.61. The minimum absolute atomic E-state index is 0.0458. The zero-order valence-corrected chi connectivity index (χ0v) is 12.6. The van der Waals surface area contributed by atoms with Gasteiger partial charge in [-0.1, -0.05) is 30.6 Å². The molecule has 6 heteroatoms. The monoisotopic (exact) mass is 294 g/mol. The predicted molar refractivity (Wildman–Crippen MR) is 79.7 cm³/mol. The van der Waals surface area contributed by atoms with Crippen LogP contribution < -0.4 is 5.32 Å². The first-order chi connectivity index (χ1) is 9.81. The molecule has 0 saturated heterocycles. The summed E-state index contributed by atoms with van der Waals surface area (Å²) < 4.78 is 0. The van der Waals surface area contributed by atoms with Crippen LogP contribution in [0.2, 0.25) is 0 Å². The molecule has 0 atom stereocenters. The van der Waals surface area contributed by atoms with Gasteiger partial charge in [0.1, 0.15) is 5.51 Å². The Morgan fingerprint density at radius 3 is 2.75 bits per heavy atom. The standard InChI is InChI=1S/C14H22N4OS/c19-13(16-14-17-15-10-20-14)9-18(12-6-7-12)8-11-4-2-1-3-5-11/h10-12H,1-9H2,(H,16,17,19). The molecule has 0 unspecified atom stereocenters. The minimum atomic E-state index is 0.0458. The average molecular weight is 294 g/mol. The van der Waals surface area contributed by atoms with Crippen molar-refractivity contribution in [3.63, 3.8) is 0 Å². The summed E-state index contributed by atoms with van der Waals surface area (Å²) in [6.45, 7) is 1.59. The van der Waals surface area contributed by atoms with Gasteiger partial charge in [-0.3, -0.25) is 15.0 Å². The van der Waals surface area contributed by atoms with Crippen LogP contribution in [0.3, 0.4) is 0 Å². The maximum Gasteiger partial charge on any atom is 0.240 e. The molecular weight excluding hydrogens is 272 g/mol. The summed E-state index contributed by atoms with van der Waals surface area (Å²) in [5.41, 5.74) is 1.64. The van der Waals surface area contributed by atoms with E-state index in [1.165, 1.54) is 56.3 Å². The third-order valence-electron chi connectivity index (χ3n) is 4.23. The predicted octanol–water partition coefficient (Wildman–Crippen LogP) is 2.52. The molecular formula is C14H22N4OS. The molecule has 20 heavy (non-hydrogen) atoms. The molecule has 0 spiro atoms. The van der Waals surface area contributed by atoms with Crippen LogP contribution in [0.5, 0.6) is 0 Å². The van der Waals surface area contributed by atoms with E-state index in [1.807, 2.05) is 0 Å². The summed E-state index contributed by atoms with van der Waals surface area (Å²) in [5, 5.41) is 11.0. The first-order valence-corrected chi connectivity index (χ1v) is 8.49. The Morgan fingerprint density at radius 2 is 2.10 bits per heavy atom. The molecule has 110 valence electrons. The van der Waals surface area contributed by atoms with Crippen molar-refractivity contribution in [2.45, 2.75) is 51.0 Å². The molecule has 2 saturated carbocycles. The van der Waals surface area contributed by atoms with Crippen LogP contribution in [0.4, 0.5) is 5.13 Å². The maximum absolute atomic E-state index is 12.1. The number of nitrogens with zero attached hydrogens (tertiary/aromatic N) is 3. The van der Waals surface area contributed by atoms with Gasteiger partial charge in [-0.25, -0.2) is 0 Å². The van der Waals surface area contributed by atoms with Crippen LogP contribution in [0.1, 0.15) is 44.9 Å². The van der Waals surface area contributed by atoms with Crippen molar-refractivity contribution in [3.05, 3.63) is 5.51 Å². The Labute approximate surface area is 123 Å². The zero-order chi connectivity index (χ0) is 13.8. The number of aromatic nitrogens is 2. The van der Waals surface area contributed by atoms with Crippen molar-refractivity contribution < 1.29 is 4.79 Å². The highest BCUT2D eigenvalue weighted by atomic mass is 32.1. The number of amides is 1.